The lowest BCUT2D eigenvalue weighted by atomic mass is 9.66. The fourth-order valence-electron chi connectivity index (χ4n) is 7.32. The van der Waals surface area contributed by atoms with Crippen molar-refractivity contribution in [1.82, 2.24) is 9.80 Å². The van der Waals surface area contributed by atoms with Gasteiger partial charge in [-0.3, -0.25) is 14.4 Å². The van der Waals surface area contributed by atoms with Gasteiger partial charge < -0.3 is 24.5 Å². The molecule has 3 aliphatic rings. The molecule has 2 unspecified atom stereocenters. The molecule has 1 aromatic rings. The normalized spacial score (nSPS) is 29.9. The van der Waals surface area contributed by atoms with Crippen molar-refractivity contribution in [3.05, 3.63) is 54.6 Å². The molecule has 0 saturated carbocycles. The van der Waals surface area contributed by atoms with E-state index >= 15 is 0 Å². The summed E-state index contributed by atoms with van der Waals surface area (Å²) >= 11 is 0. The van der Waals surface area contributed by atoms with Crippen LogP contribution in [-0.2, 0) is 19.1 Å². The Morgan fingerprint density at radius 2 is 1.77 bits per heavy atom. The molecule has 0 aromatic heterocycles. The molecule has 8 nitrogen and oxygen atoms in total. The lowest BCUT2D eigenvalue weighted by Gasteiger charge is -2.41. The number of hydrogen-bond donors (Lipinski definition) is 1. The highest BCUT2D eigenvalue weighted by atomic mass is 16.5. The van der Waals surface area contributed by atoms with Crippen LogP contribution in [0.4, 0.5) is 5.69 Å². The van der Waals surface area contributed by atoms with Gasteiger partial charge in [0.1, 0.15) is 11.6 Å². The fourth-order valence-corrected chi connectivity index (χ4v) is 7.32. The van der Waals surface area contributed by atoms with E-state index in [2.05, 4.69) is 13.2 Å². The smallest absolute Gasteiger partial charge is 0.253 e. The number of rotatable bonds is 10. The summed E-state index contributed by atoms with van der Waals surface area (Å²) in [4.78, 5) is 47.8. The van der Waals surface area contributed by atoms with Crippen LogP contribution in [0.1, 0.15) is 44.7 Å². The second-order valence-electron chi connectivity index (χ2n) is 12.0. The summed E-state index contributed by atoms with van der Waals surface area (Å²) in [7, 11) is 1.70. The summed E-state index contributed by atoms with van der Waals surface area (Å²) < 4.78 is 6.78. The Morgan fingerprint density at radius 1 is 1.15 bits per heavy atom. The number of para-hydroxylation sites is 1. The molecular weight excluding hydrogens is 494 g/mol. The third kappa shape index (κ3) is 4.32. The number of ether oxygens (including phenoxy) is 1. The van der Waals surface area contributed by atoms with Crippen molar-refractivity contribution in [1.29, 1.82) is 0 Å². The minimum Gasteiger partial charge on any atom is -0.394 e. The maximum atomic E-state index is 14.8. The van der Waals surface area contributed by atoms with E-state index in [1.807, 2.05) is 52.8 Å². The lowest BCUT2D eigenvalue weighted by molar-refractivity contribution is -0.152. The second-order valence-corrected chi connectivity index (χ2v) is 12.0. The average molecular weight is 538 g/mol. The highest BCUT2D eigenvalue weighted by Crippen LogP contribution is 2.64. The van der Waals surface area contributed by atoms with Crippen molar-refractivity contribution < 1.29 is 24.2 Å². The maximum absolute atomic E-state index is 14.8. The highest BCUT2D eigenvalue weighted by molar-refractivity contribution is 6.06. The first-order valence-corrected chi connectivity index (χ1v) is 13.9. The first kappa shape index (κ1) is 29.0. The molecule has 1 N–H and O–H groups in total. The van der Waals surface area contributed by atoms with Crippen LogP contribution < -0.4 is 4.90 Å². The average Bonchev–Trinajstić information content (AvgIpc) is 3.44. The Hall–Kier alpha value is -2.97. The van der Waals surface area contributed by atoms with Crippen molar-refractivity contribution in [2.75, 3.05) is 31.6 Å². The predicted molar refractivity (Wildman–Crippen MR) is 151 cm³/mol. The minimum absolute atomic E-state index is 0.122. The molecule has 3 amide bonds. The van der Waals surface area contributed by atoms with Gasteiger partial charge in [-0.2, -0.15) is 0 Å². The van der Waals surface area contributed by atoms with Crippen molar-refractivity contribution in [3.63, 3.8) is 0 Å². The number of anilines is 1. The van der Waals surface area contributed by atoms with E-state index in [0.29, 0.717) is 19.4 Å². The van der Waals surface area contributed by atoms with E-state index in [9.17, 15) is 19.5 Å². The number of carbonyl (C=O) groups excluding carboxylic acids is 3. The Labute approximate surface area is 232 Å². The number of likely N-dealkylation sites (tertiary alicyclic amines) is 1. The van der Waals surface area contributed by atoms with Crippen LogP contribution in [0, 0.1) is 31.6 Å². The van der Waals surface area contributed by atoms with Gasteiger partial charge in [0.15, 0.2) is 0 Å². The Kier molecular flexibility index (Phi) is 7.85. The maximum Gasteiger partial charge on any atom is 0.253 e. The van der Waals surface area contributed by atoms with Gasteiger partial charge in [0.2, 0.25) is 11.8 Å². The summed E-state index contributed by atoms with van der Waals surface area (Å²) in [6.07, 6.45) is 4.37. The molecule has 39 heavy (non-hydrogen) atoms. The molecule has 0 radical (unpaired) electrons. The van der Waals surface area contributed by atoms with E-state index in [1.54, 1.807) is 33.9 Å². The molecular formula is C31H43N3O5. The number of likely N-dealkylation sites (N-methyl/N-ethyl adjacent to an activating group) is 1. The largest absolute Gasteiger partial charge is 0.394 e. The van der Waals surface area contributed by atoms with Crippen molar-refractivity contribution in [3.8, 4) is 0 Å². The molecule has 3 heterocycles. The molecule has 1 aromatic carbocycles. The molecule has 6 atom stereocenters. The zero-order valence-electron chi connectivity index (χ0n) is 24.1. The molecule has 1 spiro atoms. The topological polar surface area (TPSA) is 90.4 Å². The standard InChI is InChI=1S/C31H43N3O5/c1-9-16-32(8)27(36)23-24-28(37)34(22(18-35)19(3)4)26(31(24)15-14-30(23,7)39-31)29(38)33(17-10-2)25-20(5)12-11-13-21(25)6/h9-13,19,22-24,26,35H,1-2,14-18H2,3-8H3/t22-,23-,24-,26?,30+,31?/m0/s1. The first-order chi connectivity index (χ1) is 18.4. The van der Waals surface area contributed by atoms with Gasteiger partial charge in [-0.25, -0.2) is 0 Å². The summed E-state index contributed by atoms with van der Waals surface area (Å²) in [5.41, 5.74) is 0.597. The highest BCUT2D eigenvalue weighted by Gasteiger charge is 2.79. The predicted octanol–water partition coefficient (Wildman–Crippen LogP) is 3.25. The number of aryl methyl sites for hydroxylation is 2. The van der Waals surface area contributed by atoms with Crippen LogP contribution in [0.5, 0.6) is 0 Å². The number of nitrogens with zero attached hydrogens (tertiary/aromatic N) is 3. The van der Waals surface area contributed by atoms with Gasteiger partial charge >= 0.3 is 0 Å². The number of carbonyl (C=O) groups is 3. The van der Waals surface area contributed by atoms with Gasteiger partial charge in [-0.1, -0.05) is 44.2 Å². The number of fused-ring (bicyclic) bond motifs is 1. The Bertz CT molecular complexity index is 1160. The zero-order chi connectivity index (χ0) is 28.9. The van der Waals surface area contributed by atoms with Crippen molar-refractivity contribution in [2.45, 2.75) is 70.7 Å². The van der Waals surface area contributed by atoms with Gasteiger partial charge in [0, 0.05) is 25.8 Å². The fraction of sp³-hybridized carbons (Fsp3) is 0.581. The van der Waals surface area contributed by atoms with Crippen molar-refractivity contribution in [2.24, 2.45) is 17.8 Å². The van der Waals surface area contributed by atoms with Gasteiger partial charge in [-0.15, -0.1) is 13.2 Å². The molecule has 0 aliphatic carbocycles. The Morgan fingerprint density at radius 3 is 2.31 bits per heavy atom. The van der Waals surface area contributed by atoms with E-state index in [4.69, 9.17) is 4.74 Å². The van der Waals surface area contributed by atoms with Crippen LogP contribution in [0.25, 0.3) is 0 Å². The third-order valence-corrected chi connectivity index (χ3v) is 9.09. The Balaban J connectivity index is 1.90. The van der Waals surface area contributed by atoms with Gasteiger partial charge in [-0.05, 0) is 50.7 Å². The number of aliphatic hydroxyl groups excluding tert-OH is 1. The van der Waals surface area contributed by atoms with E-state index in [0.717, 1.165) is 16.8 Å². The SMILES string of the molecule is C=CCN(C)C(=O)[C@@H]1[C@H]2C(=O)N([C@@H](CO)C(C)C)C(C(=O)N(CC=C)c3c(C)cccc3C)C23CC[C@@]1(C)O3. The minimum atomic E-state index is -1.17. The zero-order valence-corrected chi connectivity index (χ0v) is 24.1. The third-order valence-electron chi connectivity index (χ3n) is 9.09. The summed E-state index contributed by atoms with van der Waals surface area (Å²) in [6.45, 7) is 17.6. The number of aliphatic hydroxyl groups is 1. The molecule has 3 aliphatic heterocycles. The summed E-state index contributed by atoms with van der Waals surface area (Å²) in [6, 6.07) is 4.27. The number of hydrogen-bond acceptors (Lipinski definition) is 5. The van der Waals surface area contributed by atoms with E-state index in [-0.39, 0.29) is 36.8 Å². The summed E-state index contributed by atoms with van der Waals surface area (Å²) in [5, 5.41) is 10.5. The molecule has 3 fully saturated rings. The quantitative estimate of drug-likeness (QED) is 0.463. The molecule has 212 valence electrons. The molecule has 4 rings (SSSR count). The van der Waals surface area contributed by atoms with Crippen LogP contribution in [0.2, 0.25) is 0 Å². The monoisotopic (exact) mass is 537 g/mol. The van der Waals surface area contributed by atoms with Gasteiger partial charge in [0.05, 0.1) is 30.1 Å². The van der Waals surface area contributed by atoms with Crippen LogP contribution in [-0.4, -0.2) is 82.7 Å². The second kappa shape index (κ2) is 10.5. The molecule has 3 saturated heterocycles. The van der Waals surface area contributed by atoms with Crippen LogP contribution >= 0.6 is 0 Å². The first-order valence-electron chi connectivity index (χ1n) is 13.9. The van der Waals surface area contributed by atoms with Crippen LogP contribution in [0.15, 0.2) is 43.5 Å². The van der Waals surface area contributed by atoms with Crippen LogP contribution in [0.3, 0.4) is 0 Å². The lowest BCUT2D eigenvalue weighted by Crippen LogP contribution is -2.60. The van der Waals surface area contributed by atoms with Gasteiger partial charge in [0.25, 0.3) is 5.91 Å². The number of amides is 3. The van der Waals surface area contributed by atoms with E-state index < -0.39 is 35.1 Å². The number of benzene rings is 1. The van der Waals surface area contributed by atoms with E-state index in [1.165, 1.54) is 0 Å². The van der Waals surface area contributed by atoms with Crippen molar-refractivity contribution >= 4 is 23.4 Å². The molecule has 8 heteroatoms. The molecule has 2 bridgehead atoms. The summed E-state index contributed by atoms with van der Waals surface area (Å²) in [5.74, 6) is -2.44.